The van der Waals surface area contributed by atoms with Crippen molar-refractivity contribution >= 4 is 11.8 Å². The van der Waals surface area contributed by atoms with Crippen LogP contribution in [0, 0.1) is 17.6 Å². The third-order valence-electron chi connectivity index (χ3n) is 5.73. The predicted octanol–water partition coefficient (Wildman–Crippen LogP) is 3.96. The van der Waals surface area contributed by atoms with E-state index in [4.69, 9.17) is 4.74 Å². The fourth-order valence-corrected chi connectivity index (χ4v) is 3.79. The minimum Gasteiger partial charge on any atom is -0.497 e. The molecule has 1 aliphatic heterocycles. The summed E-state index contributed by atoms with van der Waals surface area (Å²) < 4.78 is 32.1. The van der Waals surface area contributed by atoms with Crippen LogP contribution in [-0.4, -0.2) is 43.0 Å². The molecule has 166 valence electrons. The van der Waals surface area contributed by atoms with Gasteiger partial charge in [0, 0.05) is 31.1 Å². The van der Waals surface area contributed by atoms with Crippen LogP contribution in [0.2, 0.25) is 0 Å². The van der Waals surface area contributed by atoms with Crippen molar-refractivity contribution in [3.8, 4) is 5.75 Å². The summed E-state index contributed by atoms with van der Waals surface area (Å²) in [7, 11) is 1.63. The molecule has 1 N–H and O–H groups in total. The van der Waals surface area contributed by atoms with Gasteiger partial charge in [0.25, 0.3) is 5.91 Å². The van der Waals surface area contributed by atoms with Gasteiger partial charge in [0.1, 0.15) is 17.4 Å². The molecule has 0 aliphatic carbocycles. The van der Waals surface area contributed by atoms with Gasteiger partial charge < -0.3 is 15.0 Å². The first-order valence-electron chi connectivity index (χ1n) is 10.5. The van der Waals surface area contributed by atoms with Gasteiger partial charge in [-0.05, 0) is 62.4 Å². The van der Waals surface area contributed by atoms with E-state index in [0.717, 1.165) is 30.7 Å². The van der Waals surface area contributed by atoms with Gasteiger partial charge in [-0.25, -0.2) is 8.78 Å². The molecule has 1 atom stereocenters. The van der Waals surface area contributed by atoms with Crippen LogP contribution in [0.1, 0.15) is 42.1 Å². The summed E-state index contributed by atoms with van der Waals surface area (Å²) in [5.74, 6) is -1.42. The van der Waals surface area contributed by atoms with Gasteiger partial charge in [-0.2, -0.15) is 0 Å². The van der Waals surface area contributed by atoms with Crippen molar-refractivity contribution in [1.82, 2.24) is 10.2 Å². The van der Waals surface area contributed by atoms with Crippen LogP contribution in [0.3, 0.4) is 0 Å². The van der Waals surface area contributed by atoms with Crippen molar-refractivity contribution in [3.05, 3.63) is 65.2 Å². The molecule has 1 fully saturated rings. The number of amides is 2. The molecule has 1 saturated heterocycles. The Morgan fingerprint density at radius 2 is 1.81 bits per heavy atom. The van der Waals surface area contributed by atoms with Crippen LogP contribution < -0.4 is 10.1 Å². The fourth-order valence-electron chi connectivity index (χ4n) is 3.79. The molecule has 0 spiro atoms. The minimum absolute atomic E-state index is 0.0118. The molecule has 2 amide bonds. The normalized spacial score (nSPS) is 15.4. The molecule has 1 heterocycles. The number of hydrogen-bond acceptors (Lipinski definition) is 3. The smallest absolute Gasteiger partial charge is 0.256 e. The van der Waals surface area contributed by atoms with Gasteiger partial charge in [-0.15, -0.1) is 0 Å². The summed E-state index contributed by atoms with van der Waals surface area (Å²) >= 11 is 0. The van der Waals surface area contributed by atoms with E-state index in [-0.39, 0.29) is 23.4 Å². The average molecular weight is 430 g/mol. The van der Waals surface area contributed by atoms with E-state index < -0.39 is 17.5 Å². The topological polar surface area (TPSA) is 58.6 Å². The number of nitrogens with zero attached hydrogens (tertiary/aromatic N) is 1. The average Bonchev–Trinajstić information content (AvgIpc) is 2.77. The summed E-state index contributed by atoms with van der Waals surface area (Å²) in [4.78, 5) is 26.6. The zero-order valence-electron chi connectivity index (χ0n) is 17.9. The Kier molecular flexibility index (Phi) is 7.60. The number of carbonyl (C=O) groups is 2. The van der Waals surface area contributed by atoms with E-state index in [9.17, 15) is 18.4 Å². The second-order valence-corrected chi connectivity index (χ2v) is 7.99. The van der Waals surface area contributed by atoms with Gasteiger partial charge in [0.05, 0.1) is 12.7 Å². The first-order valence-corrected chi connectivity index (χ1v) is 10.5. The second kappa shape index (κ2) is 10.4. The molecule has 0 aromatic heterocycles. The van der Waals surface area contributed by atoms with Crippen LogP contribution >= 0.6 is 0 Å². The zero-order valence-corrected chi connectivity index (χ0v) is 17.9. The molecule has 3 rings (SSSR count). The van der Waals surface area contributed by atoms with Crippen LogP contribution in [0.25, 0.3) is 0 Å². The Morgan fingerprint density at radius 3 is 2.42 bits per heavy atom. The van der Waals surface area contributed by atoms with Crippen molar-refractivity contribution in [3.63, 3.8) is 0 Å². The Labute approximate surface area is 181 Å². The molecule has 7 heteroatoms. The molecule has 0 saturated carbocycles. The van der Waals surface area contributed by atoms with E-state index in [0.29, 0.717) is 32.0 Å². The number of aryl methyl sites for hydroxylation is 1. The number of rotatable bonds is 7. The first kappa shape index (κ1) is 22.7. The summed E-state index contributed by atoms with van der Waals surface area (Å²) in [6.45, 7) is 2.72. The van der Waals surface area contributed by atoms with Crippen molar-refractivity contribution in [1.29, 1.82) is 0 Å². The Morgan fingerprint density at radius 1 is 1.13 bits per heavy atom. The van der Waals surface area contributed by atoms with E-state index in [1.807, 2.05) is 31.2 Å². The highest BCUT2D eigenvalue weighted by Gasteiger charge is 2.29. The quantitative estimate of drug-likeness (QED) is 0.723. The van der Waals surface area contributed by atoms with E-state index >= 15 is 0 Å². The molecule has 0 bridgehead atoms. The number of nitrogens with one attached hydrogen (secondary N) is 1. The lowest BCUT2D eigenvalue weighted by Gasteiger charge is -2.32. The fraction of sp³-hybridized carbons (Fsp3) is 0.417. The third-order valence-corrected chi connectivity index (χ3v) is 5.73. The highest BCUT2D eigenvalue weighted by atomic mass is 19.1. The number of hydrogen-bond donors (Lipinski definition) is 1. The Bertz CT molecular complexity index is 910. The van der Waals surface area contributed by atoms with Crippen LogP contribution in [0.4, 0.5) is 8.78 Å². The number of halogens is 2. The summed E-state index contributed by atoms with van der Waals surface area (Å²) in [6, 6.07) is 10.9. The SMILES string of the molecule is COc1ccc(CCC(C)NC(=O)C2CCN(C(=O)c3ccc(F)cc3F)CC2)cc1. The maximum Gasteiger partial charge on any atom is 0.256 e. The number of benzene rings is 2. The highest BCUT2D eigenvalue weighted by molar-refractivity contribution is 5.94. The predicted molar refractivity (Wildman–Crippen MR) is 114 cm³/mol. The van der Waals surface area contributed by atoms with Crippen LogP contribution in [-0.2, 0) is 11.2 Å². The maximum absolute atomic E-state index is 13.9. The molecule has 1 aliphatic rings. The lowest BCUT2D eigenvalue weighted by atomic mass is 9.94. The lowest BCUT2D eigenvalue weighted by molar-refractivity contribution is -0.126. The molecule has 5 nitrogen and oxygen atoms in total. The minimum atomic E-state index is -0.865. The molecule has 2 aromatic carbocycles. The van der Waals surface area contributed by atoms with Crippen molar-refractivity contribution in [2.45, 2.75) is 38.6 Å². The maximum atomic E-state index is 13.9. The first-order chi connectivity index (χ1) is 14.9. The second-order valence-electron chi connectivity index (χ2n) is 7.99. The van der Waals surface area contributed by atoms with Gasteiger partial charge in [-0.1, -0.05) is 12.1 Å². The number of methoxy groups -OCH3 is 1. The van der Waals surface area contributed by atoms with E-state index in [2.05, 4.69) is 5.32 Å². The number of piperidine rings is 1. The summed E-state index contributed by atoms with van der Waals surface area (Å²) in [6.07, 6.45) is 2.71. The monoisotopic (exact) mass is 430 g/mol. The van der Waals surface area contributed by atoms with Gasteiger partial charge in [0.2, 0.25) is 5.91 Å². The van der Waals surface area contributed by atoms with Crippen LogP contribution in [0.5, 0.6) is 5.75 Å². The van der Waals surface area contributed by atoms with E-state index in [1.54, 1.807) is 7.11 Å². The van der Waals surface area contributed by atoms with Crippen molar-refractivity contribution in [2.75, 3.05) is 20.2 Å². The summed E-state index contributed by atoms with van der Waals surface area (Å²) in [5, 5.41) is 3.06. The highest BCUT2D eigenvalue weighted by Crippen LogP contribution is 2.21. The Hall–Kier alpha value is -2.96. The molecule has 2 aromatic rings. The van der Waals surface area contributed by atoms with Crippen LogP contribution in [0.15, 0.2) is 42.5 Å². The van der Waals surface area contributed by atoms with Gasteiger partial charge >= 0.3 is 0 Å². The molecule has 1 unspecified atom stereocenters. The number of ether oxygens (including phenoxy) is 1. The number of likely N-dealkylation sites (tertiary alicyclic amines) is 1. The lowest BCUT2D eigenvalue weighted by Crippen LogP contribution is -2.45. The zero-order chi connectivity index (χ0) is 22.4. The molecular weight excluding hydrogens is 402 g/mol. The summed E-state index contributed by atoms with van der Waals surface area (Å²) in [5.41, 5.74) is 1.04. The Balaban J connectivity index is 1.44. The van der Waals surface area contributed by atoms with Crippen molar-refractivity contribution < 1.29 is 23.1 Å². The van der Waals surface area contributed by atoms with Gasteiger partial charge in [0.15, 0.2) is 0 Å². The molecule has 0 radical (unpaired) electrons. The van der Waals surface area contributed by atoms with Gasteiger partial charge in [-0.3, -0.25) is 9.59 Å². The third kappa shape index (κ3) is 6.03. The number of carbonyl (C=O) groups excluding carboxylic acids is 2. The molecule has 31 heavy (non-hydrogen) atoms. The van der Waals surface area contributed by atoms with Crippen molar-refractivity contribution in [2.24, 2.45) is 5.92 Å². The van der Waals surface area contributed by atoms with E-state index in [1.165, 1.54) is 10.5 Å². The standard InChI is InChI=1S/C24H28F2N2O3/c1-16(3-4-17-5-8-20(31-2)9-6-17)27-23(29)18-11-13-28(14-12-18)24(30)21-10-7-19(25)15-22(21)26/h5-10,15-16,18H,3-4,11-14H2,1-2H3,(H,27,29). The largest absolute Gasteiger partial charge is 0.497 e. The molecular formula is C24H28F2N2O3.